The number of carbonyl (C=O) groups excluding carboxylic acids is 1. The van der Waals surface area contributed by atoms with E-state index in [1.54, 1.807) is 0 Å². The van der Waals surface area contributed by atoms with Gasteiger partial charge in [0.1, 0.15) is 0 Å². The molecule has 1 amide bonds. The topological polar surface area (TPSA) is 73.9 Å². The monoisotopic (exact) mass is 363 g/mol. The van der Waals surface area contributed by atoms with Gasteiger partial charge in [0.05, 0.1) is 17.0 Å². The van der Waals surface area contributed by atoms with Crippen LogP contribution in [0.5, 0.6) is 0 Å². The van der Waals surface area contributed by atoms with Crippen molar-refractivity contribution in [2.75, 3.05) is 19.6 Å². The Hall–Kier alpha value is -2.73. The lowest BCUT2D eigenvalue weighted by atomic mass is 9.99. The Bertz CT molecular complexity index is 976. The molecule has 0 aliphatic carbocycles. The van der Waals surface area contributed by atoms with Gasteiger partial charge in [-0.15, -0.1) is 0 Å². The molecule has 4 rings (SSSR count). The summed E-state index contributed by atoms with van der Waals surface area (Å²) in [6, 6.07) is 10.5. The second-order valence-corrected chi connectivity index (χ2v) is 7.17. The maximum Gasteiger partial charge on any atom is 0.255 e. The number of pyridine rings is 1. The van der Waals surface area contributed by atoms with Gasteiger partial charge in [-0.1, -0.05) is 31.2 Å². The molecule has 1 saturated heterocycles. The highest BCUT2D eigenvalue weighted by Gasteiger charge is 2.30. The van der Waals surface area contributed by atoms with Gasteiger partial charge in [-0.2, -0.15) is 5.10 Å². The number of benzene rings is 1. The molecule has 2 N–H and O–H groups in total. The fourth-order valence-electron chi connectivity index (χ4n) is 3.84. The van der Waals surface area contributed by atoms with E-state index in [0.29, 0.717) is 17.8 Å². The van der Waals surface area contributed by atoms with Crippen LogP contribution in [0.2, 0.25) is 0 Å². The van der Waals surface area contributed by atoms with Crippen LogP contribution in [-0.2, 0) is 6.42 Å². The molecular weight excluding hydrogens is 338 g/mol. The third-order valence-corrected chi connectivity index (χ3v) is 5.34. The standard InChI is InChI=1S/C21H25N5O/c1-4-15-5-7-16(8-6-15)18-12-22-9-10-26(18)21(27)17-11-13(2)23-20-19(17)14(3)24-25-20/h5-8,11,18,22H,4,9-10,12H2,1-3H3,(H,23,24,25). The summed E-state index contributed by atoms with van der Waals surface area (Å²) < 4.78 is 0. The van der Waals surface area contributed by atoms with Gasteiger partial charge >= 0.3 is 0 Å². The predicted molar refractivity (Wildman–Crippen MR) is 106 cm³/mol. The zero-order chi connectivity index (χ0) is 19.0. The molecule has 0 bridgehead atoms. The Labute approximate surface area is 159 Å². The lowest BCUT2D eigenvalue weighted by molar-refractivity contribution is 0.0636. The van der Waals surface area contributed by atoms with Crippen LogP contribution in [0, 0.1) is 13.8 Å². The Balaban J connectivity index is 1.74. The molecule has 0 saturated carbocycles. The van der Waals surface area contributed by atoms with Gasteiger partial charge in [-0.05, 0) is 37.5 Å². The van der Waals surface area contributed by atoms with Crippen LogP contribution in [0.1, 0.15) is 45.8 Å². The number of piperazine rings is 1. The molecular formula is C21H25N5O. The average Bonchev–Trinajstić information content (AvgIpc) is 3.07. The fraction of sp³-hybridized carbons (Fsp3) is 0.381. The number of rotatable bonds is 3. The number of amides is 1. The molecule has 0 spiro atoms. The number of hydrogen-bond donors (Lipinski definition) is 2. The van der Waals surface area contributed by atoms with Crippen molar-refractivity contribution < 1.29 is 4.79 Å². The van der Waals surface area contributed by atoms with Crippen molar-refractivity contribution in [3.05, 3.63) is 58.4 Å². The smallest absolute Gasteiger partial charge is 0.255 e. The summed E-state index contributed by atoms with van der Waals surface area (Å²) in [7, 11) is 0. The molecule has 1 atom stereocenters. The Morgan fingerprint density at radius 3 is 2.78 bits per heavy atom. The van der Waals surface area contributed by atoms with Gasteiger partial charge in [-0.3, -0.25) is 9.89 Å². The lowest BCUT2D eigenvalue weighted by Crippen LogP contribution is -2.48. The van der Waals surface area contributed by atoms with Gasteiger partial charge in [0.25, 0.3) is 5.91 Å². The number of aromatic amines is 1. The SMILES string of the molecule is CCc1ccc(C2CNCCN2C(=O)c2cc(C)nc3n[nH]c(C)c23)cc1. The number of carbonyl (C=O) groups is 1. The molecule has 0 radical (unpaired) electrons. The third kappa shape index (κ3) is 3.21. The Morgan fingerprint density at radius 1 is 1.26 bits per heavy atom. The number of aryl methyl sites for hydroxylation is 3. The van der Waals surface area contributed by atoms with Gasteiger partial charge in [0.2, 0.25) is 0 Å². The van der Waals surface area contributed by atoms with Crippen molar-refractivity contribution in [2.45, 2.75) is 33.2 Å². The summed E-state index contributed by atoms with van der Waals surface area (Å²) in [5, 5.41) is 11.5. The summed E-state index contributed by atoms with van der Waals surface area (Å²) in [5.74, 6) is 0.0427. The molecule has 1 fully saturated rings. The van der Waals surface area contributed by atoms with Gasteiger partial charge in [0.15, 0.2) is 5.65 Å². The summed E-state index contributed by atoms with van der Waals surface area (Å²) >= 11 is 0. The number of hydrogen-bond acceptors (Lipinski definition) is 4. The van der Waals surface area contributed by atoms with Gasteiger partial charge in [-0.25, -0.2) is 4.98 Å². The minimum Gasteiger partial charge on any atom is -0.329 e. The molecule has 27 heavy (non-hydrogen) atoms. The van der Waals surface area contributed by atoms with E-state index in [-0.39, 0.29) is 11.9 Å². The fourth-order valence-corrected chi connectivity index (χ4v) is 3.84. The Morgan fingerprint density at radius 2 is 2.04 bits per heavy atom. The highest BCUT2D eigenvalue weighted by molar-refractivity contribution is 6.06. The molecule has 140 valence electrons. The summed E-state index contributed by atoms with van der Waals surface area (Å²) in [6.45, 7) is 8.22. The summed E-state index contributed by atoms with van der Waals surface area (Å²) in [4.78, 5) is 20.0. The predicted octanol–water partition coefficient (Wildman–Crippen LogP) is 2.92. The number of nitrogens with zero attached hydrogens (tertiary/aromatic N) is 3. The molecule has 1 unspecified atom stereocenters. The zero-order valence-electron chi connectivity index (χ0n) is 16.0. The van der Waals surface area contributed by atoms with E-state index >= 15 is 0 Å². The second-order valence-electron chi connectivity index (χ2n) is 7.17. The van der Waals surface area contributed by atoms with Gasteiger partial charge in [0, 0.05) is 31.0 Å². The Kier molecular flexibility index (Phi) is 4.66. The molecule has 1 aliphatic heterocycles. The van der Waals surface area contributed by atoms with Crippen LogP contribution in [0.4, 0.5) is 0 Å². The van der Waals surface area contributed by atoms with E-state index in [1.165, 1.54) is 11.1 Å². The van der Waals surface area contributed by atoms with E-state index in [4.69, 9.17) is 0 Å². The summed E-state index contributed by atoms with van der Waals surface area (Å²) in [6.07, 6.45) is 1.01. The molecule has 3 aromatic rings. The van der Waals surface area contributed by atoms with Crippen molar-refractivity contribution in [1.29, 1.82) is 0 Å². The van der Waals surface area contributed by atoms with Crippen LogP contribution in [-0.4, -0.2) is 45.6 Å². The molecule has 3 heterocycles. The molecule has 2 aromatic heterocycles. The lowest BCUT2D eigenvalue weighted by Gasteiger charge is -2.37. The van der Waals surface area contributed by atoms with Crippen molar-refractivity contribution in [2.24, 2.45) is 0 Å². The van der Waals surface area contributed by atoms with Crippen LogP contribution < -0.4 is 5.32 Å². The largest absolute Gasteiger partial charge is 0.329 e. The maximum absolute atomic E-state index is 13.6. The number of H-pyrrole nitrogens is 1. The van der Waals surface area contributed by atoms with Crippen LogP contribution in [0.25, 0.3) is 11.0 Å². The quantitative estimate of drug-likeness (QED) is 0.750. The van der Waals surface area contributed by atoms with E-state index in [0.717, 1.165) is 36.3 Å². The average molecular weight is 363 g/mol. The van der Waals surface area contributed by atoms with Crippen LogP contribution >= 0.6 is 0 Å². The second kappa shape index (κ2) is 7.12. The molecule has 6 nitrogen and oxygen atoms in total. The number of fused-ring (bicyclic) bond motifs is 1. The van der Waals surface area contributed by atoms with Crippen molar-refractivity contribution in [3.63, 3.8) is 0 Å². The van der Waals surface area contributed by atoms with E-state index in [2.05, 4.69) is 51.7 Å². The zero-order valence-corrected chi connectivity index (χ0v) is 16.0. The van der Waals surface area contributed by atoms with Crippen molar-refractivity contribution >= 4 is 16.9 Å². The van der Waals surface area contributed by atoms with Crippen LogP contribution in [0.15, 0.2) is 30.3 Å². The highest BCUT2D eigenvalue weighted by atomic mass is 16.2. The van der Waals surface area contributed by atoms with E-state index in [1.807, 2.05) is 24.8 Å². The molecule has 1 aliphatic rings. The maximum atomic E-state index is 13.6. The summed E-state index contributed by atoms with van der Waals surface area (Å²) in [5.41, 5.74) is 5.44. The van der Waals surface area contributed by atoms with E-state index in [9.17, 15) is 4.79 Å². The normalized spacial score (nSPS) is 17.4. The van der Waals surface area contributed by atoms with E-state index < -0.39 is 0 Å². The molecule has 1 aromatic carbocycles. The minimum atomic E-state index is 0.0212. The van der Waals surface area contributed by atoms with Crippen LogP contribution in [0.3, 0.4) is 0 Å². The molecule has 6 heteroatoms. The highest BCUT2D eigenvalue weighted by Crippen LogP contribution is 2.28. The first kappa shape index (κ1) is 17.7. The first-order valence-corrected chi connectivity index (χ1v) is 9.51. The minimum absolute atomic E-state index is 0.0212. The first-order valence-electron chi connectivity index (χ1n) is 9.51. The van der Waals surface area contributed by atoms with Gasteiger partial charge < -0.3 is 10.2 Å². The third-order valence-electron chi connectivity index (χ3n) is 5.34. The van der Waals surface area contributed by atoms with Crippen molar-refractivity contribution in [3.8, 4) is 0 Å². The number of nitrogens with one attached hydrogen (secondary N) is 2. The number of aromatic nitrogens is 3. The van der Waals surface area contributed by atoms with Crippen molar-refractivity contribution in [1.82, 2.24) is 25.4 Å². The first-order chi connectivity index (χ1) is 13.1.